The summed E-state index contributed by atoms with van der Waals surface area (Å²) in [6.07, 6.45) is 1.89. The first-order valence-electron chi connectivity index (χ1n) is 7.37. The van der Waals surface area contributed by atoms with Gasteiger partial charge in [-0.15, -0.1) is 17.7 Å². The second-order valence-corrected chi connectivity index (χ2v) is 6.72. The highest BCUT2D eigenvalue weighted by atomic mass is 35.5. The molecule has 0 saturated carbocycles. The number of carbonyl (C=O) groups excluding carboxylic acids is 1. The predicted octanol–water partition coefficient (Wildman–Crippen LogP) is 3.87. The van der Waals surface area contributed by atoms with Gasteiger partial charge in [0.05, 0.1) is 5.52 Å². The number of rotatable bonds is 5. The Hall–Kier alpha value is -1.90. The van der Waals surface area contributed by atoms with Gasteiger partial charge in [0.25, 0.3) is 0 Å². The SMILES string of the molecule is CC#CC(C)(NC(C)=O)C(Oc1nc2ccccc2cc1Cl)SC. The third kappa shape index (κ3) is 4.14. The number of aromatic nitrogens is 1. The molecule has 2 rings (SSSR count). The van der Waals surface area contributed by atoms with Crippen molar-refractivity contribution in [2.24, 2.45) is 0 Å². The summed E-state index contributed by atoms with van der Waals surface area (Å²) < 4.78 is 6.02. The van der Waals surface area contributed by atoms with E-state index in [4.69, 9.17) is 16.3 Å². The van der Waals surface area contributed by atoms with Gasteiger partial charge < -0.3 is 10.1 Å². The second-order valence-electron chi connectivity index (χ2n) is 5.41. The average molecular weight is 363 g/mol. The number of nitrogens with zero attached hydrogens (tertiary/aromatic N) is 1. The molecule has 2 aromatic rings. The van der Waals surface area contributed by atoms with Crippen LogP contribution in [-0.2, 0) is 4.79 Å². The first-order chi connectivity index (χ1) is 11.4. The molecule has 0 spiro atoms. The van der Waals surface area contributed by atoms with Crippen molar-refractivity contribution in [3.05, 3.63) is 35.4 Å². The zero-order valence-electron chi connectivity index (χ0n) is 14.0. The number of ether oxygens (including phenoxy) is 1. The summed E-state index contributed by atoms with van der Waals surface area (Å²) in [4.78, 5) is 16.1. The molecule has 4 nitrogen and oxygen atoms in total. The van der Waals surface area contributed by atoms with Crippen LogP contribution in [0.2, 0.25) is 5.02 Å². The van der Waals surface area contributed by atoms with Gasteiger partial charge in [0.1, 0.15) is 10.6 Å². The number of thioether (sulfide) groups is 1. The Morgan fingerprint density at radius 3 is 2.79 bits per heavy atom. The molecule has 0 aliphatic rings. The molecule has 0 fully saturated rings. The fraction of sp³-hybridized carbons (Fsp3) is 0.333. The van der Waals surface area contributed by atoms with Crippen molar-refractivity contribution in [3.8, 4) is 17.7 Å². The van der Waals surface area contributed by atoms with Crippen molar-refractivity contribution in [2.45, 2.75) is 31.7 Å². The number of para-hydroxylation sites is 1. The third-order valence-electron chi connectivity index (χ3n) is 3.37. The van der Waals surface area contributed by atoms with Gasteiger partial charge in [-0.05, 0) is 32.2 Å². The van der Waals surface area contributed by atoms with Gasteiger partial charge in [-0.2, -0.15) is 0 Å². The van der Waals surface area contributed by atoms with Gasteiger partial charge in [-0.1, -0.05) is 35.7 Å². The zero-order valence-corrected chi connectivity index (χ0v) is 15.6. The van der Waals surface area contributed by atoms with Crippen LogP contribution >= 0.6 is 23.4 Å². The molecule has 24 heavy (non-hydrogen) atoms. The molecule has 126 valence electrons. The summed E-state index contributed by atoms with van der Waals surface area (Å²) in [6, 6.07) is 9.48. The van der Waals surface area contributed by atoms with E-state index >= 15 is 0 Å². The number of pyridine rings is 1. The molecule has 1 aromatic heterocycles. The maximum Gasteiger partial charge on any atom is 0.234 e. The van der Waals surface area contributed by atoms with Crippen molar-refractivity contribution in [2.75, 3.05) is 6.26 Å². The van der Waals surface area contributed by atoms with E-state index in [1.54, 1.807) is 6.92 Å². The van der Waals surface area contributed by atoms with Crippen LogP contribution in [0.15, 0.2) is 30.3 Å². The van der Waals surface area contributed by atoms with Crippen LogP contribution in [0.3, 0.4) is 0 Å². The fourth-order valence-electron chi connectivity index (χ4n) is 2.43. The maximum atomic E-state index is 11.6. The molecule has 0 aliphatic heterocycles. The van der Waals surface area contributed by atoms with Crippen LogP contribution in [0, 0.1) is 11.8 Å². The van der Waals surface area contributed by atoms with E-state index in [-0.39, 0.29) is 5.91 Å². The number of halogens is 1. The molecule has 0 aliphatic carbocycles. The number of nitrogens with one attached hydrogen (secondary N) is 1. The molecule has 0 saturated heterocycles. The monoisotopic (exact) mass is 362 g/mol. The zero-order chi connectivity index (χ0) is 17.7. The molecule has 2 atom stereocenters. The van der Waals surface area contributed by atoms with Gasteiger partial charge in [0, 0.05) is 12.3 Å². The second kappa shape index (κ2) is 7.78. The minimum Gasteiger partial charge on any atom is -0.459 e. The number of benzene rings is 1. The van der Waals surface area contributed by atoms with Gasteiger partial charge in [0.2, 0.25) is 11.8 Å². The van der Waals surface area contributed by atoms with E-state index in [1.807, 2.05) is 43.5 Å². The Balaban J connectivity index is 2.39. The molecule has 6 heteroatoms. The first-order valence-corrected chi connectivity index (χ1v) is 9.03. The third-order valence-corrected chi connectivity index (χ3v) is 4.64. The fourth-order valence-corrected chi connectivity index (χ4v) is 3.41. The Labute approximate surface area is 151 Å². The Kier molecular flexibility index (Phi) is 5.98. The van der Waals surface area contributed by atoms with Crippen LogP contribution in [0.5, 0.6) is 5.88 Å². The van der Waals surface area contributed by atoms with Gasteiger partial charge in [-0.3, -0.25) is 4.79 Å². The highest BCUT2D eigenvalue weighted by Crippen LogP contribution is 2.31. The smallest absolute Gasteiger partial charge is 0.234 e. The minimum atomic E-state index is -0.864. The molecule has 0 bridgehead atoms. The van der Waals surface area contributed by atoms with Crippen LogP contribution < -0.4 is 10.1 Å². The molecule has 0 radical (unpaired) electrons. The summed E-state index contributed by atoms with van der Waals surface area (Å²) in [7, 11) is 0. The maximum absolute atomic E-state index is 11.6. The lowest BCUT2D eigenvalue weighted by molar-refractivity contribution is -0.120. The summed E-state index contributed by atoms with van der Waals surface area (Å²) in [5.74, 6) is 6.01. The molecular weight excluding hydrogens is 344 g/mol. The number of hydrogen-bond acceptors (Lipinski definition) is 4. The van der Waals surface area contributed by atoms with E-state index in [9.17, 15) is 4.79 Å². The summed E-state index contributed by atoms with van der Waals surface area (Å²) in [5, 5.41) is 4.21. The average Bonchev–Trinajstić information content (AvgIpc) is 2.52. The lowest BCUT2D eigenvalue weighted by atomic mass is 10.0. The number of hydrogen-bond donors (Lipinski definition) is 1. The minimum absolute atomic E-state index is 0.180. The van der Waals surface area contributed by atoms with Gasteiger partial charge in [-0.25, -0.2) is 4.98 Å². The van der Waals surface area contributed by atoms with E-state index in [1.165, 1.54) is 18.7 Å². The Morgan fingerprint density at radius 2 is 2.17 bits per heavy atom. The molecule has 2 unspecified atom stereocenters. The predicted molar refractivity (Wildman–Crippen MR) is 100 cm³/mol. The highest BCUT2D eigenvalue weighted by molar-refractivity contribution is 7.99. The quantitative estimate of drug-likeness (QED) is 0.648. The number of amides is 1. The Bertz CT molecular complexity index is 816. The molecule has 1 aromatic carbocycles. The van der Waals surface area contributed by atoms with Crippen molar-refractivity contribution in [3.63, 3.8) is 0 Å². The van der Waals surface area contributed by atoms with E-state index in [0.717, 1.165) is 10.9 Å². The van der Waals surface area contributed by atoms with Gasteiger partial charge >= 0.3 is 0 Å². The van der Waals surface area contributed by atoms with Crippen molar-refractivity contribution in [1.82, 2.24) is 10.3 Å². The summed E-state index contributed by atoms with van der Waals surface area (Å²) >= 11 is 7.75. The molecule has 1 amide bonds. The van der Waals surface area contributed by atoms with Crippen molar-refractivity contribution < 1.29 is 9.53 Å². The molecular formula is C18H19ClN2O2S. The number of fused-ring (bicyclic) bond motifs is 1. The van der Waals surface area contributed by atoms with Gasteiger partial charge in [0.15, 0.2) is 5.44 Å². The normalized spacial score (nSPS) is 14.2. The van der Waals surface area contributed by atoms with E-state index in [2.05, 4.69) is 22.1 Å². The van der Waals surface area contributed by atoms with Crippen molar-refractivity contribution >= 4 is 40.2 Å². The number of carbonyl (C=O) groups is 1. The largest absolute Gasteiger partial charge is 0.459 e. The lowest BCUT2D eigenvalue weighted by Crippen LogP contribution is -2.53. The lowest BCUT2D eigenvalue weighted by Gasteiger charge is -2.32. The van der Waals surface area contributed by atoms with Crippen molar-refractivity contribution in [1.29, 1.82) is 0 Å². The summed E-state index contributed by atoms with van der Waals surface area (Å²) in [5.41, 5.74) is -0.545. The van der Waals surface area contributed by atoms with E-state index in [0.29, 0.717) is 10.9 Å². The van der Waals surface area contributed by atoms with Crippen LogP contribution in [0.4, 0.5) is 0 Å². The highest BCUT2D eigenvalue weighted by Gasteiger charge is 2.36. The summed E-state index contributed by atoms with van der Waals surface area (Å²) in [6.45, 7) is 4.99. The van der Waals surface area contributed by atoms with E-state index < -0.39 is 11.0 Å². The topological polar surface area (TPSA) is 51.2 Å². The standard InChI is InChI=1S/C18H19ClN2O2S/c1-5-10-18(3,21-12(2)22)17(24-4)23-16-14(19)11-13-8-6-7-9-15(13)20-16/h6-9,11,17H,1-4H3,(H,21,22). The first kappa shape index (κ1) is 18.4. The Morgan fingerprint density at radius 1 is 1.46 bits per heavy atom. The molecule has 1 heterocycles. The van der Waals surface area contributed by atoms with Crippen LogP contribution in [0.25, 0.3) is 10.9 Å². The van der Waals surface area contributed by atoms with Crippen LogP contribution in [-0.4, -0.2) is 28.1 Å². The van der Waals surface area contributed by atoms with Crippen LogP contribution in [0.1, 0.15) is 20.8 Å². The molecule has 1 N–H and O–H groups in total.